The Morgan fingerprint density at radius 2 is 1.69 bits per heavy atom. The third-order valence-corrected chi connectivity index (χ3v) is 5.04. The number of rotatable bonds is 3. The molecular formula is C21H19FN2O2. The summed E-state index contributed by atoms with van der Waals surface area (Å²) in [6.45, 7) is 1.31. The van der Waals surface area contributed by atoms with Crippen LogP contribution in [0.15, 0.2) is 60.7 Å². The third-order valence-electron chi connectivity index (χ3n) is 5.04. The lowest BCUT2D eigenvalue weighted by molar-refractivity contribution is -0.122. The fraction of sp³-hybridized carbons (Fsp3) is 0.238. The highest BCUT2D eigenvalue weighted by Gasteiger charge is 2.43. The first kappa shape index (κ1) is 16.7. The van der Waals surface area contributed by atoms with Gasteiger partial charge in [-0.1, -0.05) is 48.5 Å². The van der Waals surface area contributed by atoms with Crippen molar-refractivity contribution in [3.63, 3.8) is 0 Å². The summed E-state index contributed by atoms with van der Waals surface area (Å²) in [5, 5.41) is 0. The van der Waals surface area contributed by atoms with Gasteiger partial charge in [0.2, 0.25) is 5.91 Å². The first-order valence-corrected chi connectivity index (χ1v) is 8.75. The Balaban J connectivity index is 1.52. The molecule has 2 aromatic carbocycles. The highest BCUT2D eigenvalue weighted by atomic mass is 19.1. The molecule has 1 fully saturated rings. The molecule has 1 saturated heterocycles. The van der Waals surface area contributed by atoms with E-state index in [9.17, 15) is 14.0 Å². The van der Waals surface area contributed by atoms with Gasteiger partial charge in [0.1, 0.15) is 5.82 Å². The van der Waals surface area contributed by atoms with Crippen molar-refractivity contribution in [2.45, 2.75) is 18.9 Å². The van der Waals surface area contributed by atoms with Crippen molar-refractivity contribution in [3.8, 4) is 0 Å². The van der Waals surface area contributed by atoms with E-state index in [2.05, 4.69) is 18.2 Å². The fourth-order valence-corrected chi connectivity index (χ4v) is 3.67. The Labute approximate surface area is 151 Å². The molecule has 2 amide bonds. The summed E-state index contributed by atoms with van der Waals surface area (Å²) in [4.78, 5) is 28.2. The summed E-state index contributed by atoms with van der Waals surface area (Å²) in [7, 11) is 0. The zero-order valence-corrected chi connectivity index (χ0v) is 14.3. The van der Waals surface area contributed by atoms with E-state index in [0.29, 0.717) is 13.1 Å². The van der Waals surface area contributed by atoms with Crippen LogP contribution in [0.4, 0.5) is 10.1 Å². The smallest absolute Gasteiger partial charge is 0.251 e. The summed E-state index contributed by atoms with van der Waals surface area (Å²) >= 11 is 0. The van der Waals surface area contributed by atoms with Crippen molar-refractivity contribution >= 4 is 23.1 Å². The van der Waals surface area contributed by atoms with Gasteiger partial charge < -0.3 is 0 Å². The number of imide groups is 1. The van der Waals surface area contributed by atoms with Gasteiger partial charge in [0.25, 0.3) is 5.91 Å². The molecule has 1 atom stereocenters. The molecular weight excluding hydrogens is 331 g/mol. The van der Waals surface area contributed by atoms with E-state index in [1.54, 1.807) is 12.1 Å². The van der Waals surface area contributed by atoms with Gasteiger partial charge in [-0.25, -0.2) is 9.29 Å². The lowest BCUT2D eigenvalue weighted by Gasteiger charge is -2.30. The number of carbonyl (C=O) groups excluding carboxylic acids is 2. The molecule has 2 aromatic rings. The first-order valence-electron chi connectivity index (χ1n) is 8.75. The standard InChI is InChI=1S/C21H19FN2O2/c22-17-8-4-5-9-18(17)24-20(25)14-19(21(24)26)23-12-10-16(11-13-23)15-6-2-1-3-7-15/h1-10,19H,11-14H2/t19-/m0/s1. The summed E-state index contributed by atoms with van der Waals surface area (Å²) in [6, 6.07) is 15.5. The molecule has 0 saturated carbocycles. The molecule has 4 rings (SSSR count). The van der Waals surface area contributed by atoms with Gasteiger partial charge in [0, 0.05) is 13.1 Å². The van der Waals surface area contributed by atoms with Crippen molar-refractivity contribution in [2.24, 2.45) is 0 Å². The minimum atomic E-state index is -0.556. The number of nitrogens with zero attached hydrogens (tertiary/aromatic N) is 2. The van der Waals surface area contributed by atoms with Crippen molar-refractivity contribution in [1.82, 2.24) is 4.90 Å². The van der Waals surface area contributed by atoms with Crippen LogP contribution in [-0.2, 0) is 9.59 Å². The Kier molecular flexibility index (Phi) is 4.39. The molecule has 0 N–H and O–H groups in total. The van der Waals surface area contributed by atoms with E-state index in [4.69, 9.17) is 0 Å². The molecule has 0 unspecified atom stereocenters. The maximum absolute atomic E-state index is 14.0. The van der Waals surface area contributed by atoms with Crippen LogP contribution in [0.1, 0.15) is 18.4 Å². The van der Waals surface area contributed by atoms with Crippen LogP contribution in [0, 0.1) is 5.82 Å². The Hall–Kier alpha value is -2.79. The van der Waals surface area contributed by atoms with E-state index in [-0.39, 0.29) is 23.9 Å². The Morgan fingerprint density at radius 1 is 0.962 bits per heavy atom. The molecule has 2 aliphatic heterocycles. The van der Waals surface area contributed by atoms with Crippen LogP contribution >= 0.6 is 0 Å². The van der Waals surface area contributed by atoms with Crippen LogP contribution in [0.25, 0.3) is 5.57 Å². The molecule has 26 heavy (non-hydrogen) atoms. The van der Waals surface area contributed by atoms with Crippen LogP contribution in [-0.4, -0.2) is 35.8 Å². The second-order valence-corrected chi connectivity index (χ2v) is 6.58. The highest BCUT2D eigenvalue weighted by molar-refractivity contribution is 6.22. The number of hydrogen-bond acceptors (Lipinski definition) is 3. The minimum absolute atomic E-state index is 0.0440. The van der Waals surface area contributed by atoms with Gasteiger partial charge in [-0.05, 0) is 29.7 Å². The predicted octanol–water partition coefficient (Wildman–Crippen LogP) is 3.25. The van der Waals surface area contributed by atoms with Crippen molar-refractivity contribution in [3.05, 3.63) is 72.1 Å². The SMILES string of the molecule is O=C1C[C@H](N2CC=C(c3ccccc3)CC2)C(=O)N1c1ccccc1F. The van der Waals surface area contributed by atoms with Gasteiger partial charge in [-0.15, -0.1) is 0 Å². The number of para-hydroxylation sites is 1. The van der Waals surface area contributed by atoms with E-state index >= 15 is 0 Å². The predicted molar refractivity (Wildman–Crippen MR) is 97.9 cm³/mol. The lowest BCUT2D eigenvalue weighted by Crippen LogP contribution is -2.44. The number of anilines is 1. The molecule has 0 radical (unpaired) electrons. The van der Waals surface area contributed by atoms with Gasteiger partial charge in [0.05, 0.1) is 18.2 Å². The van der Waals surface area contributed by atoms with Gasteiger partial charge >= 0.3 is 0 Å². The number of amides is 2. The van der Waals surface area contributed by atoms with E-state index in [0.717, 1.165) is 11.3 Å². The topological polar surface area (TPSA) is 40.6 Å². The number of carbonyl (C=O) groups is 2. The van der Waals surface area contributed by atoms with Crippen LogP contribution < -0.4 is 4.90 Å². The minimum Gasteiger partial charge on any atom is -0.287 e. The summed E-state index contributed by atoms with van der Waals surface area (Å²) in [6.07, 6.45) is 3.03. The largest absolute Gasteiger partial charge is 0.287 e. The normalized spacial score (nSPS) is 21.2. The average Bonchev–Trinajstić information content (AvgIpc) is 2.97. The van der Waals surface area contributed by atoms with Gasteiger partial charge in [-0.2, -0.15) is 0 Å². The molecule has 0 spiro atoms. The molecule has 2 heterocycles. The van der Waals surface area contributed by atoms with Gasteiger partial charge in [-0.3, -0.25) is 14.5 Å². The lowest BCUT2D eigenvalue weighted by atomic mass is 9.98. The Morgan fingerprint density at radius 3 is 2.38 bits per heavy atom. The molecule has 132 valence electrons. The van der Waals surface area contributed by atoms with Crippen LogP contribution in [0.2, 0.25) is 0 Å². The van der Waals surface area contributed by atoms with Crippen molar-refractivity contribution in [2.75, 3.05) is 18.0 Å². The second kappa shape index (κ2) is 6.84. The van der Waals surface area contributed by atoms with E-state index in [1.807, 2.05) is 23.1 Å². The quantitative estimate of drug-likeness (QED) is 0.798. The van der Waals surface area contributed by atoms with Crippen LogP contribution in [0.5, 0.6) is 0 Å². The number of benzene rings is 2. The first-order chi connectivity index (χ1) is 12.6. The third kappa shape index (κ3) is 2.95. The fourth-order valence-electron chi connectivity index (χ4n) is 3.67. The summed E-state index contributed by atoms with van der Waals surface area (Å²) in [5.41, 5.74) is 2.49. The summed E-state index contributed by atoms with van der Waals surface area (Å²) < 4.78 is 14.0. The van der Waals surface area contributed by atoms with Crippen molar-refractivity contribution in [1.29, 1.82) is 0 Å². The highest BCUT2D eigenvalue weighted by Crippen LogP contribution is 2.30. The monoisotopic (exact) mass is 350 g/mol. The van der Waals surface area contributed by atoms with E-state index < -0.39 is 11.9 Å². The summed E-state index contributed by atoms with van der Waals surface area (Å²) in [5.74, 6) is -1.24. The maximum Gasteiger partial charge on any atom is 0.251 e. The van der Waals surface area contributed by atoms with Crippen LogP contribution in [0.3, 0.4) is 0 Å². The Bertz CT molecular complexity index is 879. The molecule has 2 aliphatic rings. The zero-order valence-electron chi connectivity index (χ0n) is 14.3. The van der Waals surface area contributed by atoms with E-state index in [1.165, 1.54) is 23.3 Å². The van der Waals surface area contributed by atoms with Crippen molar-refractivity contribution < 1.29 is 14.0 Å². The molecule has 0 aromatic heterocycles. The molecule has 5 heteroatoms. The zero-order chi connectivity index (χ0) is 18.1. The molecule has 0 bridgehead atoms. The maximum atomic E-state index is 14.0. The number of halogens is 1. The van der Waals surface area contributed by atoms with Gasteiger partial charge in [0.15, 0.2) is 0 Å². The average molecular weight is 350 g/mol. The number of hydrogen-bond donors (Lipinski definition) is 0. The molecule has 0 aliphatic carbocycles. The molecule has 4 nitrogen and oxygen atoms in total. The second-order valence-electron chi connectivity index (χ2n) is 6.58.